The molecule has 0 aliphatic heterocycles. The van der Waals surface area contributed by atoms with E-state index in [9.17, 15) is 9.59 Å². The average Bonchev–Trinajstić information content (AvgIpc) is 2.69. The van der Waals surface area contributed by atoms with Crippen LogP contribution < -0.4 is 0 Å². The third kappa shape index (κ3) is 11.7. The Hall–Kier alpha value is -2.00. The lowest BCUT2D eigenvalue weighted by molar-refractivity contribution is -0.137. The SMILES string of the molecule is CCCC(O)O.O=C(O)C(S)c1ccccc1.O=C(O)C(S)c1ccccc1. The summed E-state index contributed by atoms with van der Waals surface area (Å²) < 4.78 is 0. The van der Waals surface area contributed by atoms with Gasteiger partial charge in [0.2, 0.25) is 0 Å². The van der Waals surface area contributed by atoms with Gasteiger partial charge in [0.05, 0.1) is 0 Å². The fourth-order valence-corrected chi connectivity index (χ4v) is 2.16. The first-order valence-electron chi connectivity index (χ1n) is 8.48. The number of hydrogen-bond donors (Lipinski definition) is 6. The normalized spacial score (nSPS) is 11.9. The molecule has 0 saturated heterocycles. The molecule has 0 amide bonds. The summed E-state index contributed by atoms with van der Waals surface area (Å²) in [7, 11) is 0. The fourth-order valence-electron chi connectivity index (χ4n) is 1.81. The first kappa shape index (κ1) is 26.0. The first-order chi connectivity index (χ1) is 13.2. The number of aliphatic carboxylic acids is 2. The van der Waals surface area contributed by atoms with E-state index in [0.29, 0.717) is 17.5 Å². The van der Waals surface area contributed by atoms with Crippen molar-refractivity contribution in [3.63, 3.8) is 0 Å². The van der Waals surface area contributed by atoms with Crippen molar-refractivity contribution in [2.45, 2.75) is 36.6 Å². The lowest BCUT2D eigenvalue weighted by atomic mass is 10.1. The predicted molar refractivity (Wildman–Crippen MR) is 115 cm³/mol. The number of hydrogen-bond acceptors (Lipinski definition) is 6. The Morgan fingerprint density at radius 2 is 1.11 bits per heavy atom. The summed E-state index contributed by atoms with van der Waals surface area (Å²) in [5, 5.41) is 31.9. The van der Waals surface area contributed by atoms with E-state index in [1.807, 2.05) is 19.1 Å². The Kier molecular flexibility index (Phi) is 13.9. The van der Waals surface area contributed by atoms with Gasteiger partial charge in [-0.25, -0.2) is 0 Å². The molecule has 0 aromatic heterocycles. The molecular weight excluding hydrogens is 400 g/mol. The van der Waals surface area contributed by atoms with E-state index in [1.54, 1.807) is 48.5 Å². The van der Waals surface area contributed by atoms with Gasteiger partial charge in [0.1, 0.15) is 10.5 Å². The molecule has 6 nitrogen and oxygen atoms in total. The number of rotatable bonds is 6. The topological polar surface area (TPSA) is 115 Å². The fraction of sp³-hybridized carbons (Fsp3) is 0.300. The minimum Gasteiger partial charge on any atom is -0.480 e. The lowest BCUT2D eigenvalue weighted by Crippen LogP contribution is -2.04. The summed E-state index contributed by atoms with van der Waals surface area (Å²) in [4.78, 5) is 20.8. The maximum atomic E-state index is 10.4. The van der Waals surface area contributed by atoms with Crippen molar-refractivity contribution in [3.8, 4) is 0 Å². The first-order valence-corrected chi connectivity index (χ1v) is 9.51. The van der Waals surface area contributed by atoms with Crippen LogP contribution in [0.3, 0.4) is 0 Å². The van der Waals surface area contributed by atoms with Crippen LogP contribution in [-0.4, -0.2) is 38.7 Å². The molecule has 28 heavy (non-hydrogen) atoms. The van der Waals surface area contributed by atoms with Gasteiger partial charge >= 0.3 is 11.9 Å². The van der Waals surface area contributed by atoms with Crippen molar-refractivity contribution in [3.05, 3.63) is 71.8 Å². The van der Waals surface area contributed by atoms with E-state index in [-0.39, 0.29) is 0 Å². The van der Waals surface area contributed by atoms with Gasteiger partial charge in [0.15, 0.2) is 6.29 Å². The maximum Gasteiger partial charge on any atom is 0.320 e. The number of carboxylic acid groups (broad SMARTS) is 2. The Balaban J connectivity index is 0.000000411. The minimum absolute atomic E-state index is 0.486. The van der Waals surface area contributed by atoms with Gasteiger partial charge in [0.25, 0.3) is 0 Å². The number of thiol groups is 2. The highest BCUT2D eigenvalue weighted by Gasteiger charge is 2.13. The maximum absolute atomic E-state index is 10.4. The standard InChI is InChI=1S/2C8H8O2S.C4H10O2/c2*9-8(10)7(11)6-4-2-1-3-5-6;1-2-3-4(5)6/h2*1-5,7,11H,(H,9,10);4-6H,2-3H2,1H3. The van der Waals surface area contributed by atoms with Gasteiger partial charge in [-0.15, -0.1) is 0 Å². The molecule has 2 rings (SSSR count). The zero-order valence-corrected chi connectivity index (χ0v) is 17.2. The van der Waals surface area contributed by atoms with Crippen molar-refractivity contribution in [1.82, 2.24) is 0 Å². The van der Waals surface area contributed by atoms with Crippen LogP contribution >= 0.6 is 25.3 Å². The number of carbonyl (C=O) groups is 2. The largest absolute Gasteiger partial charge is 0.480 e. The van der Waals surface area contributed by atoms with Gasteiger partial charge in [-0.2, -0.15) is 25.3 Å². The predicted octanol–water partition coefficient (Wildman–Crippen LogP) is 3.58. The number of carboxylic acids is 2. The molecule has 8 heteroatoms. The summed E-state index contributed by atoms with van der Waals surface area (Å²) >= 11 is 7.83. The van der Waals surface area contributed by atoms with E-state index in [2.05, 4.69) is 25.3 Å². The number of benzene rings is 2. The molecule has 0 bridgehead atoms. The van der Waals surface area contributed by atoms with Gasteiger partial charge < -0.3 is 20.4 Å². The molecule has 0 spiro atoms. The van der Waals surface area contributed by atoms with Crippen LogP contribution in [0.25, 0.3) is 0 Å². The second-order valence-electron chi connectivity index (χ2n) is 5.57. The van der Waals surface area contributed by atoms with Crippen molar-refractivity contribution >= 4 is 37.2 Å². The van der Waals surface area contributed by atoms with Crippen LogP contribution in [0.2, 0.25) is 0 Å². The lowest BCUT2D eigenvalue weighted by Gasteiger charge is -2.03. The average molecular weight is 427 g/mol. The van der Waals surface area contributed by atoms with E-state index >= 15 is 0 Å². The molecule has 2 atom stereocenters. The van der Waals surface area contributed by atoms with Crippen molar-refractivity contribution in [1.29, 1.82) is 0 Å². The molecule has 0 radical (unpaired) electrons. The number of aliphatic hydroxyl groups is 2. The molecule has 0 aliphatic carbocycles. The molecule has 0 aliphatic rings. The molecule has 0 heterocycles. The molecular formula is C20H26O6S2. The van der Waals surface area contributed by atoms with Crippen LogP contribution in [0.5, 0.6) is 0 Å². The highest BCUT2D eigenvalue weighted by Crippen LogP contribution is 2.19. The van der Waals surface area contributed by atoms with E-state index < -0.39 is 28.7 Å². The van der Waals surface area contributed by atoms with Gasteiger partial charge in [-0.3, -0.25) is 9.59 Å². The van der Waals surface area contributed by atoms with Crippen LogP contribution in [0, 0.1) is 0 Å². The molecule has 154 valence electrons. The van der Waals surface area contributed by atoms with Crippen LogP contribution in [0.15, 0.2) is 60.7 Å². The Labute approximate surface area is 175 Å². The number of aliphatic hydroxyl groups excluding tert-OH is 1. The van der Waals surface area contributed by atoms with Crippen LogP contribution in [0.1, 0.15) is 41.4 Å². The Morgan fingerprint density at radius 1 is 0.786 bits per heavy atom. The summed E-state index contributed by atoms with van der Waals surface area (Å²) in [5.74, 6) is -1.83. The third-order valence-corrected chi connectivity index (χ3v) is 4.28. The monoisotopic (exact) mass is 426 g/mol. The highest BCUT2D eigenvalue weighted by molar-refractivity contribution is 7.81. The summed E-state index contributed by atoms with van der Waals surface area (Å²) in [6, 6.07) is 17.8. The van der Waals surface area contributed by atoms with E-state index in [1.165, 1.54) is 0 Å². The van der Waals surface area contributed by atoms with Gasteiger partial charge in [-0.05, 0) is 17.5 Å². The van der Waals surface area contributed by atoms with Crippen molar-refractivity contribution in [2.24, 2.45) is 0 Å². The van der Waals surface area contributed by atoms with Gasteiger partial charge in [0, 0.05) is 0 Å². The van der Waals surface area contributed by atoms with Crippen LogP contribution in [0.4, 0.5) is 0 Å². The summed E-state index contributed by atoms with van der Waals surface area (Å²) in [6.07, 6.45) is 0.215. The molecule has 0 fully saturated rings. The Morgan fingerprint density at radius 3 is 1.29 bits per heavy atom. The Bertz CT molecular complexity index is 624. The van der Waals surface area contributed by atoms with Crippen molar-refractivity contribution < 1.29 is 30.0 Å². The second-order valence-corrected chi connectivity index (χ2v) is 6.61. The van der Waals surface area contributed by atoms with Crippen LogP contribution in [-0.2, 0) is 9.59 Å². The molecule has 4 N–H and O–H groups in total. The smallest absolute Gasteiger partial charge is 0.320 e. The summed E-state index contributed by atoms with van der Waals surface area (Å²) in [6.45, 7) is 1.90. The summed E-state index contributed by atoms with van der Waals surface area (Å²) in [5.41, 5.74) is 1.42. The quantitative estimate of drug-likeness (QED) is 0.311. The second kappa shape index (κ2) is 15.0. The highest BCUT2D eigenvalue weighted by atomic mass is 32.1. The third-order valence-electron chi connectivity index (χ3n) is 3.25. The van der Waals surface area contributed by atoms with E-state index in [0.717, 1.165) is 6.42 Å². The minimum atomic E-state index is -1.10. The van der Waals surface area contributed by atoms with Crippen molar-refractivity contribution in [2.75, 3.05) is 0 Å². The molecule has 2 aromatic carbocycles. The zero-order valence-electron chi connectivity index (χ0n) is 15.4. The van der Waals surface area contributed by atoms with Gasteiger partial charge in [-0.1, -0.05) is 74.0 Å². The zero-order chi connectivity index (χ0) is 21.5. The molecule has 0 saturated carbocycles. The van der Waals surface area contributed by atoms with E-state index in [4.69, 9.17) is 20.4 Å². The molecule has 2 unspecified atom stereocenters. The molecule has 2 aromatic rings.